The van der Waals surface area contributed by atoms with E-state index in [-0.39, 0.29) is 11.7 Å². The zero-order valence-electron chi connectivity index (χ0n) is 8.91. The molecule has 0 aliphatic carbocycles. The van der Waals surface area contributed by atoms with E-state index in [9.17, 15) is 13.2 Å². The van der Waals surface area contributed by atoms with Crippen LogP contribution in [0.3, 0.4) is 0 Å². The Morgan fingerprint density at radius 3 is 2.29 bits per heavy atom. The van der Waals surface area contributed by atoms with Crippen molar-refractivity contribution in [1.82, 2.24) is 10.2 Å². The molecule has 0 saturated heterocycles. The molecule has 0 aromatic rings. The highest BCUT2D eigenvalue weighted by Crippen LogP contribution is 1.85. The molecule has 0 saturated carbocycles. The highest BCUT2D eigenvalue weighted by atomic mass is 32.2. The van der Waals surface area contributed by atoms with Crippen LogP contribution in [0.5, 0.6) is 0 Å². The molecule has 0 fully saturated rings. The molecule has 14 heavy (non-hydrogen) atoms. The first-order valence-electron chi connectivity index (χ1n) is 4.41. The van der Waals surface area contributed by atoms with Crippen LogP contribution in [0.15, 0.2) is 0 Å². The second-order valence-corrected chi connectivity index (χ2v) is 5.68. The summed E-state index contributed by atoms with van der Waals surface area (Å²) in [4.78, 5) is 12.6. The summed E-state index contributed by atoms with van der Waals surface area (Å²) in [6.45, 7) is 0.923. The molecule has 0 aromatic carbocycles. The Bertz CT molecular complexity index is 272. The summed E-state index contributed by atoms with van der Waals surface area (Å²) in [6, 6.07) is 0. The molecular weight excluding hydrogens is 204 g/mol. The lowest BCUT2D eigenvalue weighted by molar-refractivity contribution is -0.128. The van der Waals surface area contributed by atoms with Gasteiger partial charge < -0.3 is 10.2 Å². The number of carbonyl (C=O) groups excluding carboxylic acids is 1. The van der Waals surface area contributed by atoms with Crippen LogP contribution in [-0.4, -0.2) is 58.4 Å². The van der Waals surface area contributed by atoms with Crippen molar-refractivity contribution in [1.29, 1.82) is 0 Å². The molecule has 5 nitrogen and oxygen atoms in total. The Morgan fingerprint density at radius 2 is 1.86 bits per heavy atom. The van der Waals surface area contributed by atoms with Gasteiger partial charge in [-0.15, -0.1) is 0 Å². The third-order valence-corrected chi connectivity index (χ3v) is 2.61. The van der Waals surface area contributed by atoms with Crippen LogP contribution in [0.4, 0.5) is 0 Å². The van der Waals surface area contributed by atoms with E-state index in [0.29, 0.717) is 19.5 Å². The smallest absolute Gasteiger partial charge is 0.223 e. The number of carbonyl (C=O) groups is 1. The number of nitrogens with zero attached hydrogens (tertiary/aromatic N) is 1. The summed E-state index contributed by atoms with van der Waals surface area (Å²) in [5.41, 5.74) is 0. The molecule has 0 atom stereocenters. The fourth-order valence-corrected chi connectivity index (χ4v) is 1.32. The minimum atomic E-state index is -2.90. The minimum Gasteiger partial charge on any atom is -0.349 e. The second-order valence-electron chi connectivity index (χ2n) is 3.42. The Hall–Kier alpha value is -0.620. The van der Waals surface area contributed by atoms with E-state index in [1.165, 1.54) is 11.2 Å². The van der Waals surface area contributed by atoms with Gasteiger partial charge in [-0.1, -0.05) is 0 Å². The molecule has 0 bridgehead atoms. The maximum absolute atomic E-state index is 11.1. The molecule has 0 radical (unpaired) electrons. The number of hydrogen-bond donors (Lipinski definition) is 1. The summed E-state index contributed by atoms with van der Waals surface area (Å²) < 4.78 is 21.4. The molecule has 1 N–H and O–H groups in total. The topological polar surface area (TPSA) is 66.5 Å². The van der Waals surface area contributed by atoms with Gasteiger partial charge >= 0.3 is 0 Å². The maximum Gasteiger partial charge on any atom is 0.223 e. The van der Waals surface area contributed by atoms with Crippen molar-refractivity contribution in [3.8, 4) is 0 Å². The predicted octanol–water partition coefficient (Wildman–Crippen LogP) is -0.901. The number of hydrogen-bond acceptors (Lipinski definition) is 4. The van der Waals surface area contributed by atoms with Crippen LogP contribution in [0.2, 0.25) is 0 Å². The van der Waals surface area contributed by atoms with Gasteiger partial charge in [-0.3, -0.25) is 4.79 Å². The van der Waals surface area contributed by atoms with Gasteiger partial charge in [0.1, 0.15) is 9.84 Å². The minimum absolute atomic E-state index is 0.0388. The van der Waals surface area contributed by atoms with Crippen LogP contribution in [-0.2, 0) is 14.6 Å². The van der Waals surface area contributed by atoms with E-state index in [4.69, 9.17) is 0 Å². The Balaban J connectivity index is 3.44. The first-order valence-corrected chi connectivity index (χ1v) is 6.47. The van der Waals surface area contributed by atoms with Gasteiger partial charge in [0, 0.05) is 39.9 Å². The molecule has 6 heteroatoms. The van der Waals surface area contributed by atoms with E-state index >= 15 is 0 Å². The molecule has 0 aromatic heterocycles. The van der Waals surface area contributed by atoms with Crippen molar-refractivity contribution < 1.29 is 13.2 Å². The SMILES string of the molecule is CN(C)C(=O)CCNCCS(C)(=O)=O. The summed E-state index contributed by atoms with van der Waals surface area (Å²) >= 11 is 0. The normalized spacial score (nSPS) is 11.4. The van der Waals surface area contributed by atoms with E-state index in [2.05, 4.69) is 5.32 Å². The summed E-state index contributed by atoms with van der Waals surface area (Å²) in [6.07, 6.45) is 1.59. The van der Waals surface area contributed by atoms with Crippen molar-refractivity contribution in [2.45, 2.75) is 6.42 Å². The average Bonchev–Trinajstić information content (AvgIpc) is 2.01. The number of amides is 1. The number of rotatable bonds is 6. The first-order chi connectivity index (χ1) is 6.33. The van der Waals surface area contributed by atoms with Crippen LogP contribution < -0.4 is 5.32 Å². The molecule has 84 valence electrons. The third kappa shape index (κ3) is 8.00. The van der Waals surface area contributed by atoms with Crippen LogP contribution >= 0.6 is 0 Å². The summed E-state index contributed by atoms with van der Waals surface area (Å²) in [5, 5.41) is 2.90. The maximum atomic E-state index is 11.1. The molecule has 0 aliphatic heterocycles. The fourth-order valence-electron chi connectivity index (χ4n) is 0.801. The Labute approximate surface area is 85.4 Å². The van der Waals surface area contributed by atoms with E-state index < -0.39 is 9.84 Å². The fraction of sp³-hybridized carbons (Fsp3) is 0.875. The second kappa shape index (κ2) is 5.98. The zero-order valence-corrected chi connectivity index (χ0v) is 9.73. The third-order valence-electron chi connectivity index (χ3n) is 1.66. The standard InChI is InChI=1S/C8H18N2O3S/c1-10(2)8(11)4-5-9-6-7-14(3,12)13/h9H,4-7H2,1-3H3. The van der Waals surface area contributed by atoms with E-state index in [0.717, 1.165) is 0 Å². The quantitative estimate of drug-likeness (QED) is 0.591. The van der Waals surface area contributed by atoms with Gasteiger partial charge in [0.25, 0.3) is 0 Å². The molecule has 0 aliphatic rings. The predicted molar refractivity (Wildman–Crippen MR) is 55.9 cm³/mol. The number of sulfone groups is 1. The van der Waals surface area contributed by atoms with Gasteiger partial charge in [0.2, 0.25) is 5.91 Å². The van der Waals surface area contributed by atoms with Crippen molar-refractivity contribution >= 4 is 15.7 Å². The van der Waals surface area contributed by atoms with Crippen molar-refractivity contribution in [3.63, 3.8) is 0 Å². The van der Waals surface area contributed by atoms with Crippen molar-refractivity contribution in [2.24, 2.45) is 0 Å². The largest absolute Gasteiger partial charge is 0.349 e. The van der Waals surface area contributed by atoms with Crippen molar-refractivity contribution in [3.05, 3.63) is 0 Å². The summed E-state index contributed by atoms with van der Waals surface area (Å²) in [5.74, 6) is 0.153. The Morgan fingerprint density at radius 1 is 1.29 bits per heavy atom. The Kier molecular flexibility index (Phi) is 5.71. The van der Waals surface area contributed by atoms with Gasteiger partial charge in [-0.05, 0) is 0 Å². The molecule has 0 rings (SSSR count). The van der Waals surface area contributed by atoms with Gasteiger partial charge in [0.15, 0.2) is 0 Å². The molecule has 0 spiro atoms. The lowest BCUT2D eigenvalue weighted by Crippen LogP contribution is -2.29. The monoisotopic (exact) mass is 222 g/mol. The van der Waals surface area contributed by atoms with Crippen LogP contribution in [0.25, 0.3) is 0 Å². The van der Waals surface area contributed by atoms with Gasteiger partial charge in [0.05, 0.1) is 5.75 Å². The summed E-state index contributed by atoms with van der Waals surface area (Å²) in [7, 11) is 0.488. The molecule has 0 heterocycles. The number of nitrogens with one attached hydrogen (secondary N) is 1. The van der Waals surface area contributed by atoms with Crippen LogP contribution in [0, 0.1) is 0 Å². The first kappa shape index (κ1) is 13.4. The van der Waals surface area contributed by atoms with Crippen molar-refractivity contribution in [2.75, 3.05) is 39.2 Å². The van der Waals surface area contributed by atoms with Gasteiger partial charge in [-0.2, -0.15) is 0 Å². The average molecular weight is 222 g/mol. The van der Waals surface area contributed by atoms with Gasteiger partial charge in [-0.25, -0.2) is 8.42 Å². The zero-order chi connectivity index (χ0) is 11.2. The molecule has 0 unspecified atom stereocenters. The lowest BCUT2D eigenvalue weighted by atomic mass is 10.4. The molecular formula is C8H18N2O3S. The van der Waals surface area contributed by atoms with E-state index in [1.54, 1.807) is 14.1 Å². The van der Waals surface area contributed by atoms with Crippen LogP contribution in [0.1, 0.15) is 6.42 Å². The lowest BCUT2D eigenvalue weighted by Gasteiger charge is -2.10. The highest BCUT2D eigenvalue weighted by molar-refractivity contribution is 7.90. The molecule has 1 amide bonds. The highest BCUT2D eigenvalue weighted by Gasteiger charge is 2.04. The van der Waals surface area contributed by atoms with E-state index in [1.807, 2.05) is 0 Å².